The summed E-state index contributed by atoms with van der Waals surface area (Å²) in [7, 11) is 0. The lowest BCUT2D eigenvalue weighted by molar-refractivity contribution is 0.0963. The van der Waals surface area contributed by atoms with Gasteiger partial charge in [-0.15, -0.1) is 11.8 Å². The third-order valence-electron chi connectivity index (χ3n) is 4.46. The highest BCUT2D eigenvalue weighted by Crippen LogP contribution is 2.39. The Hall–Kier alpha value is -2.78. The molecule has 128 valence electrons. The van der Waals surface area contributed by atoms with E-state index in [1.165, 1.54) is 4.90 Å². The van der Waals surface area contributed by atoms with Crippen molar-refractivity contribution >= 4 is 23.6 Å². The second-order valence-corrected chi connectivity index (χ2v) is 6.99. The summed E-state index contributed by atoms with van der Waals surface area (Å²) < 4.78 is 6.22. The third-order valence-corrected chi connectivity index (χ3v) is 5.21. The van der Waals surface area contributed by atoms with E-state index in [9.17, 15) is 4.79 Å². The first-order valence-electron chi connectivity index (χ1n) is 8.47. The molecule has 1 aliphatic heterocycles. The lowest BCUT2D eigenvalue weighted by atomic mass is 9.89. The van der Waals surface area contributed by atoms with Gasteiger partial charge >= 0.3 is 0 Å². The van der Waals surface area contributed by atoms with Crippen LogP contribution in [0.15, 0.2) is 89.3 Å². The largest absolute Gasteiger partial charge is 0.480 e. The van der Waals surface area contributed by atoms with Gasteiger partial charge < -0.3 is 4.74 Å². The van der Waals surface area contributed by atoms with Crippen LogP contribution < -0.4 is 4.74 Å². The Morgan fingerprint density at radius 1 is 0.885 bits per heavy atom. The van der Waals surface area contributed by atoms with Crippen molar-refractivity contribution in [3.8, 4) is 5.75 Å². The molecule has 0 spiro atoms. The average Bonchev–Trinajstić information content (AvgIpc) is 2.71. The minimum atomic E-state index is -0.404. The number of Topliss-reactive ketones (excluding diaryl/α,β-unsaturated/α-hetero) is 1. The van der Waals surface area contributed by atoms with Crippen LogP contribution >= 0.6 is 11.8 Å². The molecule has 0 saturated heterocycles. The molecule has 0 aliphatic carbocycles. The Morgan fingerprint density at radius 2 is 1.58 bits per heavy atom. The Morgan fingerprint density at radius 3 is 2.31 bits per heavy atom. The van der Waals surface area contributed by atoms with Crippen molar-refractivity contribution in [2.24, 2.45) is 0 Å². The first-order chi connectivity index (χ1) is 12.8. The Labute approximate surface area is 157 Å². The van der Waals surface area contributed by atoms with Crippen molar-refractivity contribution in [3.63, 3.8) is 0 Å². The lowest BCUT2D eigenvalue weighted by Gasteiger charge is -2.28. The fourth-order valence-electron chi connectivity index (χ4n) is 3.12. The van der Waals surface area contributed by atoms with E-state index in [-0.39, 0.29) is 5.78 Å². The number of benzene rings is 3. The second kappa shape index (κ2) is 7.22. The van der Waals surface area contributed by atoms with Crippen molar-refractivity contribution in [1.82, 2.24) is 0 Å². The summed E-state index contributed by atoms with van der Waals surface area (Å²) in [5, 5.41) is 0. The van der Waals surface area contributed by atoms with Gasteiger partial charge in [-0.3, -0.25) is 4.79 Å². The van der Waals surface area contributed by atoms with Gasteiger partial charge in [0.25, 0.3) is 0 Å². The van der Waals surface area contributed by atoms with Gasteiger partial charge in [0.15, 0.2) is 11.9 Å². The zero-order chi connectivity index (χ0) is 17.9. The van der Waals surface area contributed by atoms with E-state index >= 15 is 0 Å². The Kier molecular flexibility index (Phi) is 4.63. The molecule has 0 amide bonds. The molecule has 1 unspecified atom stereocenters. The van der Waals surface area contributed by atoms with Crippen LogP contribution in [0.5, 0.6) is 5.75 Å². The van der Waals surface area contributed by atoms with Crippen LogP contribution in [-0.2, 0) is 0 Å². The standard InChI is InChI=1S/C23H18O2S/c1-26-18-13-11-16(12-14-18)15-20-22(24)19-9-5-6-10-21(19)25-23(20)17-7-3-2-4-8-17/h2-15,23H,1H3/b20-15+. The topological polar surface area (TPSA) is 26.3 Å². The van der Waals surface area contributed by atoms with Crippen LogP contribution in [0, 0.1) is 0 Å². The van der Waals surface area contributed by atoms with Crippen LogP contribution in [0.4, 0.5) is 0 Å². The SMILES string of the molecule is CSc1ccc(/C=C2\C(=O)c3ccccc3OC2c2ccccc2)cc1. The van der Waals surface area contributed by atoms with Crippen LogP contribution in [0.2, 0.25) is 0 Å². The van der Waals surface area contributed by atoms with Gasteiger partial charge in [-0.25, -0.2) is 0 Å². The molecule has 1 aliphatic rings. The summed E-state index contributed by atoms with van der Waals surface area (Å²) in [5.74, 6) is 0.663. The molecule has 1 atom stereocenters. The molecule has 26 heavy (non-hydrogen) atoms. The van der Waals surface area contributed by atoms with Crippen molar-refractivity contribution < 1.29 is 9.53 Å². The first-order valence-corrected chi connectivity index (χ1v) is 9.70. The normalized spacial score (nSPS) is 17.7. The number of hydrogen-bond donors (Lipinski definition) is 0. The van der Waals surface area contributed by atoms with Gasteiger partial charge in [-0.05, 0) is 47.7 Å². The summed E-state index contributed by atoms with van der Waals surface area (Å²) >= 11 is 1.70. The number of hydrogen-bond acceptors (Lipinski definition) is 3. The van der Waals surface area contributed by atoms with E-state index in [2.05, 4.69) is 12.1 Å². The van der Waals surface area contributed by atoms with Crippen molar-refractivity contribution in [2.75, 3.05) is 6.26 Å². The molecule has 0 saturated carbocycles. The number of ketones is 1. The average molecular weight is 358 g/mol. The van der Waals surface area contributed by atoms with E-state index in [0.29, 0.717) is 16.9 Å². The molecular formula is C23H18O2S. The van der Waals surface area contributed by atoms with E-state index in [1.807, 2.05) is 79.1 Å². The van der Waals surface area contributed by atoms with Gasteiger partial charge in [-0.1, -0.05) is 54.6 Å². The molecule has 4 rings (SSSR count). The summed E-state index contributed by atoms with van der Waals surface area (Å²) in [6.07, 6.45) is 3.59. The summed E-state index contributed by atoms with van der Waals surface area (Å²) in [6.45, 7) is 0. The highest BCUT2D eigenvalue weighted by molar-refractivity contribution is 7.98. The predicted octanol–water partition coefficient (Wildman–Crippen LogP) is 5.81. The van der Waals surface area contributed by atoms with E-state index in [0.717, 1.165) is 11.1 Å². The lowest BCUT2D eigenvalue weighted by Crippen LogP contribution is -2.23. The molecule has 0 bridgehead atoms. The minimum Gasteiger partial charge on any atom is -0.480 e. The monoisotopic (exact) mass is 358 g/mol. The molecule has 0 aromatic heterocycles. The number of fused-ring (bicyclic) bond motifs is 1. The number of rotatable bonds is 3. The second-order valence-electron chi connectivity index (χ2n) is 6.11. The third kappa shape index (κ3) is 3.18. The molecule has 1 heterocycles. The fourth-order valence-corrected chi connectivity index (χ4v) is 3.53. The van der Waals surface area contributed by atoms with Gasteiger partial charge in [0.05, 0.1) is 5.56 Å². The number of ether oxygens (including phenoxy) is 1. The molecule has 3 aromatic rings. The van der Waals surface area contributed by atoms with E-state index in [1.54, 1.807) is 11.8 Å². The number of carbonyl (C=O) groups is 1. The molecule has 0 radical (unpaired) electrons. The van der Waals surface area contributed by atoms with E-state index in [4.69, 9.17) is 4.74 Å². The summed E-state index contributed by atoms with van der Waals surface area (Å²) in [4.78, 5) is 14.4. The summed E-state index contributed by atoms with van der Waals surface area (Å²) in [6, 6.07) is 25.5. The van der Waals surface area contributed by atoms with Crippen molar-refractivity contribution in [1.29, 1.82) is 0 Å². The Balaban J connectivity index is 1.82. The number of para-hydroxylation sites is 1. The van der Waals surface area contributed by atoms with Crippen LogP contribution in [-0.4, -0.2) is 12.0 Å². The molecular weight excluding hydrogens is 340 g/mol. The maximum absolute atomic E-state index is 13.2. The minimum absolute atomic E-state index is 0.0228. The fraction of sp³-hybridized carbons (Fsp3) is 0.0870. The van der Waals surface area contributed by atoms with Crippen molar-refractivity contribution in [2.45, 2.75) is 11.0 Å². The zero-order valence-corrected chi connectivity index (χ0v) is 15.2. The quantitative estimate of drug-likeness (QED) is 0.437. The van der Waals surface area contributed by atoms with Gasteiger partial charge in [-0.2, -0.15) is 0 Å². The summed E-state index contributed by atoms with van der Waals surface area (Å²) in [5.41, 5.74) is 3.25. The molecule has 0 N–H and O–H groups in total. The maximum Gasteiger partial charge on any atom is 0.196 e. The molecule has 3 heteroatoms. The maximum atomic E-state index is 13.2. The van der Waals surface area contributed by atoms with Crippen LogP contribution in [0.25, 0.3) is 6.08 Å². The van der Waals surface area contributed by atoms with Crippen molar-refractivity contribution in [3.05, 3.63) is 101 Å². The predicted molar refractivity (Wildman–Crippen MR) is 107 cm³/mol. The van der Waals surface area contributed by atoms with Gasteiger partial charge in [0.1, 0.15) is 5.75 Å². The Bertz CT molecular complexity index is 959. The highest BCUT2D eigenvalue weighted by atomic mass is 32.2. The van der Waals surface area contributed by atoms with Gasteiger partial charge in [0, 0.05) is 10.5 Å². The molecule has 3 aromatic carbocycles. The van der Waals surface area contributed by atoms with E-state index < -0.39 is 6.10 Å². The first kappa shape index (κ1) is 16.7. The zero-order valence-electron chi connectivity index (χ0n) is 14.4. The number of thioether (sulfide) groups is 1. The van der Waals surface area contributed by atoms with Crippen LogP contribution in [0.3, 0.4) is 0 Å². The molecule has 2 nitrogen and oxygen atoms in total. The van der Waals surface area contributed by atoms with Crippen LogP contribution in [0.1, 0.15) is 27.6 Å². The molecule has 0 fully saturated rings. The number of carbonyl (C=O) groups excluding carboxylic acids is 1. The van der Waals surface area contributed by atoms with Gasteiger partial charge in [0.2, 0.25) is 0 Å². The highest BCUT2D eigenvalue weighted by Gasteiger charge is 2.32. The smallest absolute Gasteiger partial charge is 0.196 e.